The fraction of sp³-hybridized carbons (Fsp3) is 0.333. The lowest BCUT2D eigenvalue weighted by atomic mass is 9.96. The van der Waals surface area contributed by atoms with Crippen LogP contribution in [0.3, 0.4) is 0 Å². The van der Waals surface area contributed by atoms with Crippen LogP contribution < -0.4 is 11.1 Å². The summed E-state index contributed by atoms with van der Waals surface area (Å²) in [5, 5.41) is 3.03. The van der Waals surface area contributed by atoms with Crippen molar-refractivity contribution in [1.29, 1.82) is 0 Å². The highest BCUT2D eigenvalue weighted by Gasteiger charge is 2.36. The Balaban J connectivity index is 1.62. The molecular weight excluding hydrogens is 326 g/mol. The van der Waals surface area contributed by atoms with Crippen molar-refractivity contribution in [3.63, 3.8) is 0 Å². The highest BCUT2D eigenvalue weighted by atomic mass is 16.2. The second kappa shape index (κ2) is 6.83. The van der Waals surface area contributed by atoms with Gasteiger partial charge in [-0.15, -0.1) is 0 Å². The van der Waals surface area contributed by atoms with Gasteiger partial charge >= 0.3 is 6.03 Å². The summed E-state index contributed by atoms with van der Waals surface area (Å²) in [5.41, 5.74) is 9.78. The normalized spacial score (nSPS) is 17.2. The highest BCUT2D eigenvalue weighted by molar-refractivity contribution is 6.12. The maximum atomic E-state index is 12.9. The molecule has 0 bridgehead atoms. The minimum absolute atomic E-state index is 0.165. The van der Waals surface area contributed by atoms with E-state index in [1.807, 2.05) is 36.4 Å². The predicted molar refractivity (Wildman–Crippen MR) is 102 cm³/mol. The summed E-state index contributed by atoms with van der Waals surface area (Å²) in [6.45, 7) is 0.266. The third-order valence-electron chi connectivity index (χ3n) is 5.38. The van der Waals surface area contributed by atoms with Crippen molar-refractivity contribution in [3.05, 3.63) is 53.6 Å². The standard InChI is InChI=1S/C21H23N3O2/c22-18-12-11-16(14-7-3-1-4-8-14)17-13-24(20(25)19(17)18)21(26)23-15-9-5-2-6-10-15/h1,3-4,7-8,11-12,15H,2,5-6,9-10,13,22H2,(H,23,26). The Kier molecular flexibility index (Phi) is 4.37. The van der Waals surface area contributed by atoms with Gasteiger partial charge in [0, 0.05) is 11.7 Å². The van der Waals surface area contributed by atoms with E-state index in [0.29, 0.717) is 11.3 Å². The Labute approximate surface area is 153 Å². The van der Waals surface area contributed by atoms with Gasteiger partial charge in [-0.25, -0.2) is 4.79 Å². The molecule has 0 aromatic heterocycles. The number of nitrogens with two attached hydrogens (primary N) is 1. The molecule has 134 valence electrons. The van der Waals surface area contributed by atoms with Crippen LogP contribution in [0.5, 0.6) is 0 Å². The minimum atomic E-state index is -0.309. The van der Waals surface area contributed by atoms with Crippen molar-refractivity contribution < 1.29 is 9.59 Å². The largest absolute Gasteiger partial charge is 0.398 e. The van der Waals surface area contributed by atoms with E-state index in [9.17, 15) is 9.59 Å². The highest BCUT2D eigenvalue weighted by Crippen LogP contribution is 2.36. The molecule has 0 saturated heterocycles. The molecule has 2 aromatic carbocycles. The number of nitrogen functional groups attached to an aromatic ring is 1. The number of anilines is 1. The van der Waals surface area contributed by atoms with Crippen LogP contribution in [0.25, 0.3) is 11.1 Å². The zero-order valence-corrected chi connectivity index (χ0v) is 14.7. The summed E-state index contributed by atoms with van der Waals surface area (Å²) < 4.78 is 0. The molecule has 3 amide bonds. The first-order valence-electron chi connectivity index (χ1n) is 9.24. The number of hydrogen-bond donors (Lipinski definition) is 2. The number of imide groups is 1. The van der Waals surface area contributed by atoms with Gasteiger partial charge in [-0.1, -0.05) is 55.7 Å². The van der Waals surface area contributed by atoms with E-state index in [1.54, 1.807) is 6.07 Å². The van der Waals surface area contributed by atoms with E-state index in [4.69, 9.17) is 5.73 Å². The van der Waals surface area contributed by atoms with Gasteiger partial charge < -0.3 is 11.1 Å². The Morgan fingerprint density at radius 3 is 2.50 bits per heavy atom. The number of carbonyl (C=O) groups excluding carboxylic acids is 2. The van der Waals surface area contributed by atoms with Gasteiger partial charge in [0.15, 0.2) is 0 Å². The lowest BCUT2D eigenvalue weighted by molar-refractivity contribution is 0.0817. The van der Waals surface area contributed by atoms with E-state index < -0.39 is 0 Å². The molecule has 1 saturated carbocycles. The van der Waals surface area contributed by atoms with Gasteiger partial charge in [0.05, 0.1) is 12.1 Å². The Hall–Kier alpha value is -2.82. The molecule has 0 atom stereocenters. The fourth-order valence-electron chi connectivity index (χ4n) is 4.00. The zero-order chi connectivity index (χ0) is 18.1. The Morgan fingerprint density at radius 1 is 1.04 bits per heavy atom. The first-order valence-corrected chi connectivity index (χ1v) is 9.24. The van der Waals surface area contributed by atoms with Crippen molar-refractivity contribution in [2.45, 2.75) is 44.7 Å². The Bertz CT molecular complexity index is 842. The van der Waals surface area contributed by atoms with Crippen LogP contribution in [-0.2, 0) is 6.54 Å². The summed E-state index contributed by atoms with van der Waals surface area (Å²) in [4.78, 5) is 26.9. The van der Waals surface area contributed by atoms with Gasteiger partial charge in [0.1, 0.15) is 0 Å². The molecule has 5 nitrogen and oxygen atoms in total. The monoisotopic (exact) mass is 349 g/mol. The summed E-state index contributed by atoms with van der Waals surface area (Å²) in [7, 11) is 0. The fourth-order valence-corrected chi connectivity index (χ4v) is 4.00. The topological polar surface area (TPSA) is 75.4 Å². The van der Waals surface area contributed by atoms with E-state index in [2.05, 4.69) is 5.32 Å². The van der Waals surface area contributed by atoms with E-state index in [0.717, 1.165) is 42.4 Å². The molecule has 0 radical (unpaired) electrons. The number of benzene rings is 2. The number of nitrogens with one attached hydrogen (secondary N) is 1. The number of fused-ring (bicyclic) bond motifs is 1. The molecule has 2 aromatic rings. The van der Waals surface area contributed by atoms with Crippen LogP contribution in [0.1, 0.15) is 48.0 Å². The average Bonchev–Trinajstić information content (AvgIpc) is 3.02. The van der Waals surface area contributed by atoms with Crippen molar-refractivity contribution in [2.24, 2.45) is 0 Å². The van der Waals surface area contributed by atoms with Crippen molar-refractivity contribution in [2.75, 3.05) is 5.73 Å². The predicted octanol–water partition coefficient (Wildman–Crippen LogP) is 3.93. The molecule has 0 spiro atoms. The van der Waals surface area contributed by atoms with Gasteiger partial charge in [0.2, 0.25) is 0 Å². The second-order valence-corrected chi connectivity index (χ2v) is 7.10. The van der Waals surface area contributed by atoms with Crippen molar-refractivity contribution in [1.82, 2.24) is 10.2 Å². The molecule has 4 rings (SSSR count). The second-order valence-electron chi connectivity index (χ2n) is 7.10. The first-order chi connectivity index (χ1) is 12.6. The molecule has 1 aliphatic heterocycles. The van der Waals surface area contributed by atoms with Crippen molar-refractivity contribution >= 4 is 17.6 Å². The van der Waals surface area contributed by atoms with E-state index in [1.165, 1.54) is 11.3 Å². The van der Waals surface area contributed by atoms with Gasteiger partial charge in [-0.3, -0.25) is 9.69 Å². The SMILES string of the molecule is Nc1ccc(-c2ccccc2)c2c1C(=O)N(C(=O)NC1CCCCC1)C2. The van der Waals surface area contributed by atoms with Crippen LogP contribution in [-0.4, -0.2) is 22.9 Å². The summed E-state index contributed by atoms with van der Waals surface area (Å²) in [5.74, 6) is -0.302. The number of urea groups is 1. The summed E-state index contributed by atoms with van der Waals surface area (Å²) in [6.07, 6.45) is 5.45. The third-order valence-corrected chi connectivity index (χ3v) is 5.38. The maximum Gasteiger partial charge on any atom is 0.324 e. The molecule has 26 heavy (non-hydrogen) atoms. The summed E-state index contributed by atoms with van der Waals surface area (Å²) >= 11 is 0. The first kappa shape index (κ1) is 16.6. The molecule has 3 N–H and O–H groups in total. The quantitative estimate of drug-likeness (QED) is 0.807. The molecule has 1 aliphatic carbocycles. The van der Waals surface area contributed by atoms with Crippen LogP contribution in [0.15, 0.2) is 42.5 Å². The molecule has 1 fully saturated rings. The number of amides is 3. The van der Waals surface area contributed by atoms with E-state index in [-0.39, 0.29) is 24.5 Å². The third kappa shape index (κ3) is 2.94. The number of hydrogen-bond acceptors (Lipinski definition) is 3. The molecule has 2 aliphatic rings. The minimum Gasteiger partial charge on any atom is -0.398 e. The zero-order valence-electron chi connectivity index (χ0n) is 14.7. The molecular formula is C21H23N3O2. The van der Waals surface area contributed by atoms with Gasteiger partial charge in [-0.2, -0.15) is 0 Å². The van der Waals surface area contributed by atoms with Crippen LogP contribution in [0, 0.1) is 0 Å². The van der Waals surface area contributed by atoms with Crippen LogP contribution >= 0.6 is 0 Å². The van der Waals surface area contributed by atoms with Crippen LogP contribution in [0.4, 0.5) is 10.5 Å². The van der Waals surface area contributed by atoms with Crippen molar-refractivity contribution in [3.8, 4) is 11.1 Å². The maximum absolute atomic E-state index is 12.9. The Morgan fingerprint density at radius 2 is 1.77 bits per heavy atom. The number of nitrogens with zero attached hydrogens (tertiary/aromatic N) is 1. The van der Waals surface area contributed by atoms with E-state index >= 15 is 0 Å². The number of rotatable bonds is 2. The smallest absolute Gasteiger partial charge is 0.324 e. The molecule has 1 heterocycles. The summed E-state index contributed by atoms with van der Waals surface area (Å²) in [6, 6.07) is 13.4. The molecule has 5 heteroatoms. The number of carbonyl (C=O) groups is 2. The lowest BCUT2D eigenvalue weighted by Crippen LogP contribution is -2.45. The average molecular weight is 349 g/mol. The van der Waals surface area contributed by atoms with Crippen LogP contribution in [0.2, 0.25) is 0 Å². The van der Waals surface area contributed by atoms with Gasteiger partial charge in [-0.05, 0) is 35.6 Å². The lowest BCUT2D eigenvalue weighted by Gasteiger charge is -2.25. The molecule has 0 unspecified atom stereocenters. The van der Waals surface area contributed by atoms with Gasteiger partial charge in [0.25, 0.3) is 5.91 Å².